The van der Waals surface area contributed by atoms with Gasteiger partial charge >= 0.3 is 0 Å². The molecule has 0 saturated carbocycles. The first-order valence-electron chi connectivity index (χ1n) is 7.29. The second-order valence-corrected chi connectivity index (χ2v) is 5.49. The largest absolute Gasteiger partial charge is 0.399 e. The Bertz CT molecular complexity index is 615. The van der Waals surface area contributed by atoms with E-state index in [0.717, 1.165) is 49.1 Å². The summed E-state index contributed by atoms with van der Waals surface area (Å²) in [4.78, 5) is 13.7. The molecule has 0 bridgehead atoms. The molecule has 1 fully saturated rings. The number of hydrogen-bond acceptors (Lipinski definition) is 5. The number of piperazine rings is 1. The van der Waals surface area contributed by atoms with Gasteiger partial charge in [0.1, 0.15) is 5.82 Å². The average molecular weight is 283 g/mol. The second-order valence-electron chi connectivity index (χ2n) is 5.49. The van der Waals surface area contributed by atoms with Gasteiger partial charge in [0.05, 0.1) is 11.4 Å². The van der Waals surface area contributed by atoms with E-state index in [-0.39, 0.29) is 0 Å². The highest BCUT2D eigenvalue weighted by Crippen LogP contribution is 2.21. The fraction of sp³-hybridized carbons (Fsp3) is 0.375. The van der Waals surface area contributed by atoms with E-state index in [4.69, 9.17) is 5.73 Å². The maximum atomic E-state index is 5.74. The molecule has 0 unspecified atom stereocenters. The van der Waals surface area contributed by atoms with E-state index >= 15 is 0 Å². The lowest BCUT2D eigenvalue weighted by Crippen LogP contribution is -2.47. The van der Waals surface area contributed by atoms with Crippen molar-refractivity contribution >= 4 is 17.2 Å². The fourth-order valence-electron chi connectivity index (χ4n) is 2.69. The number of nitrogens with two attached hydrogens (primary N) is 1. The van der Waals surface area contributed by atoms with Gasteiger partial charge in [0, 0.05) is 43.8 Å². The maximum absolute atomic E-state index is 5.74. The highest BCUT2D eigenvalue weighted by atomic mass is 15.3. The highest BCUT2D eigenvalue weighted by Gasteiger charge is 2.20. The van der Waals surface area contributed by atoms with Crippen LogP contribution in [0.5, 0.6) is 0 Å². The zero-order chi connectivity index (χ0) is 14.8. The number of aryl methyl sites for hydroxylation is 2. The van der Waals surface area contributed by atoms with Crippen LogP contribution in [-0.2, 0) is 0 Å². The van der Waals surface area contributed by atoms with E-state index in [1.807, 2.05) is 32.2 Å². The monoisotopic (exact) mass is 283 g/mol. The van der Waals surface area contributed by atoms with E-state index < -0.39 is 0 Å². The van der Waals surface area contributed by atoms with Crippen molar-refractivity contribution in [1.82, 2.24) is 9.97 Å². The van der Waals surface area contributed by atoms with Crippen molar-refractivity contribution < 1.29 is 0 Å². The summed E-state index contributed by atoms with van der Waals surface area (Å²) in [6.45, 7) is 7.90. The summed E-state index contributed by atoms with van der Waals surface area (Å²) in [7, 11) is 0. The van der Waals surface area contributed by atoms with Crippen LogP contribution in [0.15, 0.2) is 30.5 Å². The number of aromatic nitrogens is 2. The van der Waals surface area contributed by atoms with Crippen LogP contribution in [0.1, 0.15) is 11.4 Å². The Kier molecular flexibility index (Phi) is 3.64. The lowest BCUT2D eigenvalue weighted by molar-refractivity contribution is 0.643. The summed E-state index contributed by atoms with van der Waals surface area (Å²) in [6.07, 6.45) is 1.82. The van der Waals surface area contributed by atoms with Gasteiger partial charge in [0.25, 0.3) is 0 Å². The first-order chi connectivity index (χ1) is 10.1. The standard InChI is InChI=1S/C16H21N5/c1-12-11-18-13(2)16(19-12)21-9-7-20(8-10-21)15-5-3-14(17)4-6-15/h3-6,11H,7-10,17H2,1-2H3. The van der Waals surface area contributed by atoms with Gasteiger partial charge in [-0.25, -0.2) is 4.98 Å². The predicted molar refractivity (Wildman–Crippen MR) is 86.8 cm³/mol. The quantitative estimate of drug-likeness (QED) is 0.854. The fourth-order valence-corrected chi connectivity index (χ4v) is 2.69. The molecule has 0 aliphatic carbocycles. The van der Waals surface area contributed by atoms with E-state index in [1.54, 1.807) is 0 Å². The number of rotatable bonds is 2. The first kappa shape index (κ1) is 13.7. The van der Waals surface area contributed by atoms with Crippen LogP contribution in [0, 0.1) is 13.8 Å². The van der Waals surface area contributed by atoms with Gasteiger partial charge in [0.15, 0.2) is 0 Å². The molecule has 0 atom stereocenters. The minimum Gasteiger partial charge on any atom is -0.399 e. The van der Waals surface area contributed by atoms with E-state index in [9.17, 15) is 0 Å². The molecule has 21 heavy (non-hydrogen) atoms. The van der Waals surface area contributed by atoms with Crippen LogP contribution in [0.2, 0.25) is 0 Å². The van der Waals surface area contributed by atoms with Gasteiger partial charge in [-0.2, -0.15) is 0 Å². The summed E-state index contributed by atoms with van der Waals surface area (Å²) in [5.74, 6) is 1.02. The molecular weight excluding hydrogens is 262 g/mol. The number of nitrogen functional groups attached to an aromatic ring is 1. The normalized spacial score (nSPS) is 15.3. The molecule has 1 aromatic heterocycles. The minimum atomic E-state index is 0.808. The van der Waals surface area contributed by atoms with Crippen molar-refractivity contribution in [3.63, 3.8) is 0 Å². The Balaban J connectivity index is 1.70. The van der Waals surface area contributed by atoms with Crippen molar-refractivity contribution in [2.24, 2.45) is 0 Å². The smallest absolute Gasteiger partial charge is 0.150 e. The van der Waals surface area contributed by atoms with Crippen LogP contribution in [0.4, 0.5) is 17.2 Å². The average Bonchev–Trinajstić information content (AvgIpc) is 2.51. The van der Waals surface area contributed by atoms with Gasteiger partial charge in [-0.1, -0.05) is 0 Å². The lowest BCUT2D eigenvalue weighted by atomic mass is 10.2. The molecule has 0 spiro atoms. The number of benzene rings is 1. The molecule has 2 aromatic rings. The molecule has 2 heterocycles. The van der Waals surface area contributed by atoms with Crippen LogP contribution in [0.3, 0.4) is 0 Å². The van der Waals surface area contributed by atoms with Crippen molar-refractivity contribution in [3.05, 3.63) is 41.9 Å². The number of hydrogen-bond donors (Lipinski definition) is 1. The molecule has 5 nitrogen and oxygen atoms in total. The molecule has 110 valence electrons. The Morgan fingerprint density at radius 1 is 0.952 bits per heavy atom. The predicted octanol–water partition coefficient (Wildman–Crippen LogP) is 2.00. The SMILES string of the molecule is Cc1cnc(C)c(N2CCN(c3ccc(N)cc3)CC2)n1. The summed E-state index contributed by atoms with van der Waals surface area (Å²) in [5.41, 5.74) is 9.75. The summed E-state index contributed by atoms with van der Waals surface area (Å²) < 4.78 is 0. The summed E-state index contributed by atoms with van der Waals surface area (Å²) in [5, 5.41) is 0. The molecule has 1 aliphatic heterocycles. The molecule has 3 rings (SSSR count). The van der Waals surface area contributed by atoms with E-state index in [1.165, 1.54) is 5.69 Å². The molecule has 1 aromatic carbocycles. The molecule has 1 saturated heterocycles. The Morgan fingerprint density at radius 3 is 2.24 bits per heavy atom. The van der Waals surface area contributed by atoms with Crippen molar-refractivity contribution in [2.75, 3.05) is 41.7 Å². The molecule has 0 radical (unpaired) electrons. The Hall–Kier alpha value is -2.30. The van der Waals surface area contributed by atoms with Crippen molar-refractivity contribution in [2.45, 2.75) is 13.8 Å². The topological polar surface area (TPSA) is 58.3 Å². The Morgan fingerprint density at radius 2 is 1.57 bits per heavy atom. The van der Waals surface area contributed by atoms with Gasteiger partial charge in [-0.15, -0.1) is 0 Å². The van der Waals surface area contributed by atoms with Crippen molar-refractivity contribution in [3.8, 4) is 0 Å². The maximum Gasteiger partial charge on any atom is 0.150 e. The number of nitrogens with zero attached hydrogens (tertiary/aromatic N) is 4. The van der Waals surface area contributed by atoms with Gasteiger partial charge in [-0.05, 0) is 38.1 Å². The number of anilines is 3. The third-order valence-corrected chi connectivity index (χ3v) is 3.89. The Labute approximate surface area is 125 Å². The summed E-state index contributed by atoms with van der Waals surface area (Å²) in [6, 6.07) is 8.08. The van der Waals surface area contributed by atoms with Gasteiger partial charge in [-0.3, -0.25) is 4.98 Å². The van der Waals surface area contributed by atoms with E-state index in [2.05, 4.69) is 31.9 Å². The highest BCUT2D eigenvalue weighted by molar-refractivity contribution is 5.54. The third-order valence-electron chi connectivity index (χ3n) is 3.89. The van der Waals surface area contributed by atoms with Crippen molar-refractivity contribution in [1.29, 1.82) is 0 Å². The van der Waals surface area contributed by atoms with Crippen LogP contribution < -0.4 is 15.5 Å². The zero-order valence-electron chi connectivity index (χ0n) is 12.6. The summed E-state index contributed by atoms with van der Waals surface area (Å²) >= 11 is 0. The lowest BCUT2D eigenvalue weighted by Gasteiger charge is -2.37. The van der Waals surface area contributed by atoms with Gasteiger partial charge < -0.3 is 15.5 Å². The zero-order valence-corrected chi connectivity index (χ0v) is 12.6. The first-order valence-corrected chi connectivity index (χ1v) is 7.29. The van der Waals surface area contributed by atoms with E-state index in [0.29, 0.717) is 0 Å². The van der Waals surface area contributed by atoms with Crippen LogP contribution >= 0.6 is 0 Å². The third kappa shape index (κ3) is 2.91. The van der Waals surface area contributed by atoms with Crippen LogP contribution in [0.25, 0.3) is 0 Å². The van der Waals surface area contributed by atoms with Gasteiger partial charge in [0.2, 0.25) is 0 Å². The minimum absolute atomic E-state index is 0.808. The molecule has 5 heteroatoms. The molecular formula is C16H21N5. The molecule has 1 aliphatic rings. The van der Waals surface area contributed by atoms with Crippen LogP contribution in [-0.4, -0.2) is 36.1 Å². The molecule has 0 amide bonds. The second kappa shape index (κ2) is 5.60. The molecule has 2 N–H and O–H groups in total.